The minimum absolute atomic E-state index is 0.0584. The van der Waals surface area contributed by atoms with Gasteiger partial charge in [-0.1, -0.05) is 49.7 Å². The first kappa shape index (κ1) is 20.0. The van der Waals surface area contributed by atoms with Crippen molar-refractivity contribution in [3.63, 3.8) is 0 Å². The monoisotopic (exact) mass is 424 g/mol. The molecule has 4 rings (SSSR count). The molecule has 0 aliphatic rings. The van der Waals surface area contributed by atoms with Gasteiger partial charge < -0.3 is 9.73 Å². The fourth-order valence-electron chi connectivity index (χ4n) is 3.40. The summed E-state index contributed by atoms with van der Waals surface area (Å²) in [7, 11) is 0. The number of aromatic nitrogens is 2. The van der Waals surface area contributed by atoms with Crippen molar-refractivity contribution >= 4 is 22.7 Å². The van der Waals surface area contributed by atoms with E-state index in [1.54, 1.807) is 22.7 Å². The van der Waals surface area contributed by atoms with Crippen LogP contribution in [-0.2, 0) is 6.42 Å². The highest BCUT2D eigenvalue weighted by Crippen LogP contribution is 2.27. The molecule has 0 amide bonds. The van der Waals surface area contributed by atoms with Crippen LogP contribution in [0.3, 0.4) is 0 Å². The van der Waals surface area contributed by atoms with E-state index in [-0.39, 0.29) is 12.1 Å². The summed E-state index contributed by atoms with van der Waals surface area (Å²) >= 11 is 3.40. The van der Waals surface area contributed by atoms with Gasteiger partial charge in [0, 0.05) is 5.56 Å². The third-order valence-electron chi connectivity index (χ3n) is 5.05. The predicted molar refractivity (Wildman–Crippen MR) is 119 cm³/mol. The number of quaternary nitrogens is 1. The second-order valence-electron chi connectivity index (χ2n) is 7.24. The van der Waals surface area contributed by atoms with Gasteiger partial charge in [0.2, 0.25) is 0 Å². The minimum Gasteiger partial charge on any atom is -0.414 e. The SMILES string of the molecule is CCCCc1ccc([C@@H]([NH2+][C@@H](C)c2nnc(-c3cccs3)o2)c2cccs2)cc1. The molecule has 6 heteroatoms. The lowest BCUT2D eigenvalue weighted by molar-refractivity contribution is -0.725. The van der Waals surface area contributed by atoms with Gasteiger partial charge in [0.15, 0.2) is 6.04 Å². The average molecular weight is 425 g/mol. The fourth-order valence-corrected chi connectivity index (χ4v) is 4.88. The Kier molecular flexibility index (Phi) is 6.54. The van der Waals surface area contributed by atoms with Crippen LogP contribution < -0.4 is 5.32 Å². The Morgan fingerprint density at radius 2 is 1.79 bits per heavy atom. The standard InChI is InChI=1S/C23H25N3OS2/c1-3-4-7-17-10-12-18(13-11-17)21(19-8-5-14-28-19)24-16(2)22-25-26-23(27-22)20-9-6-15-29-20/h5-6,8-16,21,24H,3-4,7H2,1-2H3/p+1/t16-,21+/m0/s1. The zero-order valence-corrected chi connectivity index (χ0v) is 18.4. The van der Waals surface area contributed by atoms with Crippen LogP contribution in [0.25, 0.3) is 10.8 Å². The van der Waals surface area contributed by atoms with Gasteiger partial charge in [0.1, 0.15) is 6.04 Å². The van der Waals surface area contributed by atoms with Crippen LogP contribution in [0, 0.1) is 0 Å². The van der Waals surface area contributed by atoms with Crippen molar-refractivity contribution in [3.8, 4) is 10.8 Å². The number of thiophene rings is 2. The lowest BCUT2D eigenvalue weighted by Crippen LogP contribution is -2.85. The largest absolute Gasteiger partial charge is 0.414 e. The molecule has 0 saturated heterocycles. The first-order chi connectivity index (χ1) is 14.2. The van der Waals surface area contributed by atoms with Gasteiger partial charge in [0.25, 0.3) is 11.8 Å². The van der Waals surface area contributed by atoms with Crippen molar-refractivity contribution in [3.05, 3.63) is 81.2 Å². The molecule has 0 fully saturated rings. The Morgan fingerprint density at radius 3 is 2.48 bits per heavy atom. The lowest BCUT2D eigenvalue weighted by atomic mass is 10.0. The summed E-state index contributed by atoms with van der Waals surface area (Å²) in [5.74, 6) is 1.26. The Hall–Kier alpha value is -2.28. The normalized spacial score (nSPS) is 13.4. The molecule has 0 spiro atoms. The molecule has 0 unspecified atom stereocenters. The molecule has 0 saturated carbocycles. The number of nitrogens with two attached hydrogens (primary N) is 1. The van der Waals surface area contributed by atoms with Crippen molar-refractivity contribution in [2.24, 2.45) is 0 Å². The highest BCUT2D eigenvalue weighted by molar-refractivity contribution is 7.13. The predicted octanol–water partition coefficient (Wildman–Crippen LogP) is 5.62. The van der Waals surface area contributed by atoms with Crippen LogP contribution in [-0.4, -0.2) is 10.2 Å². The van der Waals surface area contributed by atoms with Crippen LogP contribution in [0.2, 0.25) is 0 Å². The number of hydrogen-bond donors (Lipinski definition) is 1. The van der Waals surface area contributed by atoms with Crippen molar-refractivity contribution < 1.29 is 9.73 Å². The van der Waals surface area contributed by atoms with Crippen LogP contribution in [0.4, 0.5) is 0 Å². The van der Waals surface area contributed by atoms with Crippen LogP contribution in [0.15, 0.2) is 63.7 Å². The van der Waals surface area contributed by atoms with Crippen molar-refractivity contribution in [1.82, 2.24) is 10.2 Å². The zero-order chi connectivity index (χ0) is 20.1. The summed E-state index contributed by atoms with van der Waals surface area (Å²) in [6.45, 7) is 4.36. The molecule has 1 aromatic carbocycles. The van der Waals surface area contributed by atoms with E-state index in [2.05, 4.69) is 71.1 Å². The average Bonchev–Trinajstić information content (AvgIpc) is 3.51. The molecule has 0 aliphatic carbocycles. The van der Waals surface area contributed by atoms with Gasteiger partial charge in [-0.25, -0.2) is 0 Å². The van der Waals surface area contributed by atoms with Crippen molar-refractivity contribution in [2.75, 3.05) is 0 Å². The van der Waals surface area contributed by atoms with Crippen LogP contribution in [0.5, 0.6) is 0 Å². The smallest absolute Gasteiger partial charge is 0.274 e. The number of benzene rings is 1. The summed E-state index contributed by atoms with van der Waals surface area (Å²) in [4.78, 5) is 2.34. The van der Waals surface area contributed by atoms with E-state index in [0.717, 1.165) is 11.3 Å². The van der Waals surface area contributed by atoms with Crippen molar-refractivity contribution in [1.29, 1.82) is 0 Å². The zero-order valence-electron chi connectivity index (χ0n) is 16.7. The van der Waals surface area contributed by atoms with Crippen LogP contribution >= 0.6 is 22.7 Å². The van der Waals surface area contributed by atoms with Gasteiger partial charge in [-0.05, 0) is 48.2 Å². The number of unbranched alkanes of at least 4 members (excludes halogenated alkanes) is 1. The Labute approximate surface area is 179 Å². The Balaban J connectivity index is 1.53. The van der Waals surface area contributed by atoms with Crippen molar-refractivity contribution in [2.45, 2.75) is 45.2 Å². The van der Waals surface area contributed by atoms with E-state index in [1.165, 1.54) is 28.8 Å². The molecule has 2 atom stereocenters. The maximum absolute atomic E-state index is 5.97. The molecule has 0 bridgehead atoms. The molecular weight excluding hydrogens is 398 g/mol. The first-order valence-electron chi connectivity index (χ1n) is 10.1. The van der Waals surface area contributed by atoms with E-state index >= 15 is 0 Å². The second-order valence-corrected chi connectivity index (χ2v) is 9.17. The molecular formula is C23H26N3OS2+. The lowest BCUT2D eigenvalue weighted by Gasteiger charge is -2.18. The molecule has 0 aliphatic heterocycles. The molecule has 29 heavy (non-hydrogen) atoms. The quantitative estimate of drug-likeness (QED) is 0.380. The first-order valence-corrected chi connectivity index (χ1v) is 11.8. The summed E-state index contributed by atoms with van der Waals surface area (Å²) in [6, 6.07) is 17.7. The highest BCUT2D eigenvalue weighted by Gasteiger charge is 2.26. The Bertz CT molecular complexity index is 991. The Morgan fingerprint density at radius 1 is 1.00 bits per heavy atom. The van der Waals surface area contributed by atoms with E-state index < -0.39 is 0 Å². The third-order valence-corrected chi connectivity index (χ3v) is 6.86. The molecule has 150 valence electrons. The molecule has 4 nitrogen and oxygen atoms in total. The van der Waals surface area contributed by atoms with Gasteiger partial charge in [-0.2, -0.15) is 0 Å². The summed E-state index contributed by atoms with van der Waals surface area (Å²) in [5.41, 5.74) is 2.71. The topological polar surface area (TPSA) is 55.5 Å². The third kappa shape index (κ3) is 4.83. The van der Waals surface area contributed by atoms with E-state index in [9.17, 15) is 0 Å². The van der Waals surface area contributed by atoms with Gasteiger partial charge in [0.05, 0.1) is 9.75 Å². The molecule has 3 heterocycles. The number of hydrogen-bond acceptors (Lipinski definition) is 5. The van der Waals surface area contributed by atoms with Gasteiger partial charge >= 0.3 is 0 Å². The fraction of sp³-hybridized carbons (Fsp3) is 0.304. The molecule has 3 aromatic heterocycles. The molecule has 2 N–H and O–H groups in total. The number of nitrogens with zero attached hydrogens (tertiary/aromatic N) is 2. The van der Waals surface area contributed by atoms with E-state index in [4.69, 9.17) is 4.42 Å². The van der Waals surface area contributed by atoms with Gasteiger partial charge in [-0.3, -0.25) is 0 Å². The highest BCUT2D eigenvalue weighted by atomic mass is 32.1. The summed E-state index contributed by atoms with van der Waals surface area (Å²) < 4.78 is 5.97. The van der Waals surface area contributed by atoms with E-state index in [1.807, 2.05) is 17.5 Å². The number of aryl methyl sites for hydroxylation is 1. The second kappa shape index (κ2) is 9.48. The molecule has 4 aromatic rings. The maximum Gasteiger partial charge on any atom is 0.274 e. The molecule has 0 radical (unpaired) electrons. The van der Waals surface area contributed by atoms with Gasteiger partial charge in [-0.15, -0.1) is 32.9 Å². The van der Waals surface area contributed by atoms with E-state index in [0.29, 0.717) is 11.8 Å². The minimum atomic E-state index is 0.0584. The van der Waals surface area contributed by atoms with Crippen LogP contribution in [0.1, 0.15) is 60.7 Å². The summed E-state index contributed by atoms with van der Waals surface area (Å²) in [6.07, 6.45) is 3.61. The number of rotatable bonds is 9. The summed E-state index contributed by atoms with van der Waals surface area (Å²) in [5, 5.41) is 15.0. The maximum atomic E-state index is 5.97.